The second kappa shape index (κ2) is 17.3. The number of aromatic amines is 1. The van der Waals surface area contributed by atoms with Crippen LogP contribution in [0.25, 0.3) is 10.4 Å². The van der Waals surface area contributed by atoms with E-state index >= 15 is 0 Å². The average Bonchev–Trinajstić information content (AvgIpc) is 2.73. The van der Waals surface area contributed by atoms with Crippen molar-refractivity contribution in [2.75, 3.05) is 0 Å². The Hall–Kier alpha value is -1.83. The van der Waals surface area contributed by atoms with Crippen LogP contribution >= 0.6 is 0 Å². The molecule has 0 aliphatic heterocycles. The first-order chi connectivity index (χ1) is 6.43. The van der Waals surface area contributed by atoms with Crippen molar-refractivity contribution in [2.45, 2.75) is 6.54 Å². The molecule has 14 heavy (non-hydrogen) atoms. The standard InChI is InChI=1S/C4H5N5.2F2.FH/c5-9-8-3-4-1-6-7-2-4;2*1-2;/h1-2H,3H2,(H,6,7);;;1H. The molecule has 0 atom stereocenters. The predicted molar refractivity (Wildman–Crippen MR) is 38.4 cm³/mol. The molecule has 1 heterocycles. The first-order valence-corrected chi connectivity index (χ1v) is 2.70. The summed E-state index contributed by atoms with van der Waals surface area (Å²) in [5, 5.41) is 9.61. The smallest absolute Gasteiger partial charge is 0.0541 e. The fourth-order valence-electron chi connectivity index (χ4n) is 0.477. The van der Waals surface area contributed by atoms with Crippen molar-refractivity contribution in [2.24, 2.45) is 5.11 Å². The molecule has 5 nitrogen and oxygen atoms in total. The molecule has 1 aromatic rings. The van der Waals surface area contributed by atoms with Crippen molar-refractivity contribution in [3.63, 3.8) is 0 Å². The Morgan fingerprint density at radius 1 is 1.43 bits per heavy atom. The van der Waals surface area contributed by atoms with Gasteiger partial charge >= 0.3 is 0 Å². The number of hydrogen-bond acceptors (Lipinski definition) is 2. The SMILES string of the molecule is F.FF.FF.[N-]=[N+]=NCc1cn[nH]c1. The fraction of sp³-hybridized carbons (Fsp3) is 0.250. The molecule has 0 unspecified atom stereocenters. The fourth-order valence-corrected chi connectivity index (χ4v) is 0.477. The molecule has 1 N–H and O–H groups in total. The molecule has 0 saturated carbocycles. The molecular weight excluding hydrogens is 213 g/mol. The lowest BCUT2D eigenvalue weighted by Crippen LogP contribution is -1.70. The third-order valence-corrected chi connectivity index (χ3v) is 0.871. The van der Waals surface area contributed by atoms with Gasteiger partial charge in [-0.05, 0) is 11.1 Å². The van der Waals surface area contributed by atoms with E-state index in [1.165, 1.54) is 0 Å². The first kappa shape index (κ1) is 18.1. The number of azide groups is 1. The Balaban J connectivity index is -0.000000216. The van der Waals surface area contributed by atoms with Crippen LogP contribution < -0.4 is 0 Å². The molecule has 0 radical (unpaired) electrons. The summed E-state index contributed by atoms with van der Waals surface area (Å²) in [6.07, 6.45) is 3.31. The summed E-state index contributed by atoms with van der Waals surface area (Å²) >= 11 is 0. The molecule has 0 aliphatic carbocycles. The van der Waals surface area contributed by atoms with E-state index in [0.29, 0.717) is 6.54 Å². The summed E-state index contributed by atoms with van der Waals surface area (Å²) in [4.78, 5) is 2.59. The zero-order valence-corrected chi connectivity index (χ0v) is 6.57. The van der Waals surface area contributed by atoms with Crippen LogP contribution in [0, 0.1) is 0 Å². The van der Waals surface area contributed by atoms with Gasteiger partial charge in [-0.25, -0.2) is 0 Å². The molecule has 0 amide bonds. The van der Waals surface area contributed by atoms with Crippen LogP contribution in [-0.4, -0.2) is 10.2 Å². The normalized spacial score (nSPS) is 6.29. The number of halogens is 5. The maximum Gasteiger partial charge on any atom is 0.0541 e. The van der Waals surface area contributed by atoms with Crippen molar-refractivity contribution >= 4 is 0 Å². The summed E-state index contributed by atoms with van der Waals surface area (Å²) in [6, 6.07) is 0. The minimum Gasteiger partial charge on any atom is -0.285 e. The zero-order chi connectivity index (χ0) is 10.5. The number of nitrogens with zero attached hydrogens (tertiary/aromatic N) is 4. The van der Waals surface area contributed by atoms with Crippen LogP contribution in [0.1, 0.15) is 5.56 Å². The molecule has 0 bridgehead atoms. The second-order valence-electron chi connectivity index (χ2n) is 1.50. The van der Waals surface area contributed by atoms with Gasteiger partial charge in [-0.3, -0.25) is 9.80 Å². The Bertz CT molecular complexity index is 220. The lowest BCUT2D eigenvalue weighted by atomic mass is 10.4. The van der Waals surface area contributed by atoms with E-state index < -0.39 is 0 Å². The minimum absolute atomic E-state index is 0. The van der Waals surface area contributed by atoms with Gasteiger partial charge in [0, 0.05) is 29.4 Å². The highest BCUT2D eigenvalue weighted by Gasteiger charge is 1.86. The van der Waals surface area contributed by atoms with Gasteiger partial charge in [0.25, 0.3) is 0 Å². The van der Waals surface area contributed by atoms with Gasteiger partial charge in [-0.15, -0.1) is 0 Å². The topological polar surface area (TPSA) is 77.4 Å². The third kappa shape index (κ3) is 10.2. The van der Waals surface area contributed by atoms with Crippen molar-refractivity contribution in [1.29, 1.82) is 0 Å². The van der Waals surface area contributed by atoms with Gasteiger partial charge < -0.3 is 0 Å². The summed E-state index contributed by atoms with van der Waals surface area (Å²) in [5.74, 6) is 0. The average molecular weight is 219 g/mol. The van der Waals surface area contributed by atoms with Crippen LogP contribution in [-0.2, 0) is 6.54 Å². The van der Waals surface area contributed by atoms with Gasteiger partial charge in [0.15, 0.2) is 0 Å². The Morgan fingerprint density at radius 2 is 2.00 bits per heavy atom. The van der Waals surface area contributed by atoms with E-state index in [1.807, 2.05) is 0 Å². The predicted octanol–water partition coefficient (Wildman–Crippen LogP) is 3.05. The summed E-state index contributed by atoms with van der Waals surface area (Å²) in [7, 11) is 0. The Kier molecular flexibility index (Phi) is 22.3. The van der Waals surface area contributed by atoms with Gasteiger partial charge in [0.1, 0.15) is 0 Å². The van der Waals surface area contributed by atoms with E-state index in [4.69, 9.17) is 23.8 Å². The number of H-pyrrole nitrogens is 1. The molecule has 1 rings (SSSR count). The maximum atomic E-state index is 8.00. The van der Waals surface area contributed by atoms with E-state index in [0.717, 1.165) is 5.56 Å². The van der Waals surface area contributed by atoms with Crippen molar-refractivity contribution < 1.29 is 23.0 Å². The molecular formula is C4H6F5N5. The highest BCUT2D eigenvalue weighted by molar-refractivity contribution is 5.01. The Morgan fingerprint density at radius 3 is 2.36 bits per heavy atom. The van der Waals surface area contributed by atoms with E-state index in [1.54, 1.807) is 12.4 Å². The van der Waals surface area contributed by atoms with Gasteiger partial charge in [0.2, 0.25) is 0 Å². The van der Waals surface area contributed by atoms with Gasteiger partial charge in [-0.2, -0.15) is 5.10 Å². The lowest BCUT2D eigenvalue weighted by molar-refractivity contribution is 0.108. The Labute approximate surface area is 74.4 Å². The van der Waals surface area contributed by atoms with E-state index in [9.17, 15) is 0 Å². The van der Waals surface area contributed by atoms with Crippen molar-refractivity contribution in [3.05, 3.63) is 28.4 Å². The number of rotatable bonds is 2. The summed E-state index contributed by atoms with van der Waals surface area (Å²) < 4.78 is 32.0. The molecule has 0 saturated heterocycles. The largest absolute Gasteiger partial charge is 0.285 e. The number of hydrogen-bond donors (Lipinski definition) is 1. The van der Waals surface area contributed by atoms with Gasteiger partial charge in [-0.1, -0.05) is 5.11 Å². The zero-order valence-electron chi connectivity index (χ0n) is 6.57. The maximum absolute atomic E-state index is 8.00. The van der Waals surface area contributed by atoms with Gasteiger partial charge in [0.05, 0.1) is 12.7 Å². The number of nitrogens with one attached hydrogen (secondary N) is 1. The quantitative estimate of drug-likeness (QED) is 0.352. The van der Waals surface area contributed by atoms with Crippen LogP contribution in [0.4, 0.5) is 23.0 Å². The van der Waals surface area contributed by atoms with Crippen molar-refractivity contribution in [3.8, 4) is 0 Å². The van der Waals surface area contributed by atoms with Crippen LogP contribution in [0.5, 0.6) is 0 Å². The molecule has 0 aromatic carbocycles. The summed E-state index contributed by atoms with van der Waals surface area (Å²) in [6.45, 7) is 0.368. The molecule has 0 fully saturated rings. The summed E-state index contributed by atoms with van der Waals surface area (Å²) in [5.41, 5.74) is 8.79. The highest BCUT2D eigenvalue weighted by Crippen LogP contribution is 1.94. The number of aromatic nitrogens is 2. The molecule has 10 heteroatoms. The monoisotopic (exact) mass is 219 g/mol. The highest BCUT2D eigenvalue weighted by atomic mass is 20.0. The third-order valence-electron chi connectivity index (χ3n) is 0.871. The van der Waals surface area contributed by atoms with Crippen LogP contribution in [0.3, 0.4) is 0 Å². The molecule has 1 aromatic heterocycles. The van der Waals surface area contributed by atoms with E-state index in [2.05, 4.69) is 20.2 Å². The molecule has 82 valence electrons. The molecule has 0 aliphatic rings. The van der Waals surface area contributed by atoms with Crippen LogP contribution in [0.15, 0.2) is 17.5 Å². The van der Waals surface area contributed by atoms with Crippen LogP contribution in [0.2, 0.25) is 0 Å². The molecule has 0 spiro atoms. The lowest BCUT2D eigenvalue weighted by Gasteiger charge is -1.78. The second-order valence-corrected chi connectivity index (χ2v) is 1.50. The minimum atomic E-state index is 0. The first-order valence-electron chi connectivity index (χ1n) is 2.70. The van der Waals surface area contributed by atoms with E-state index in [-0.39, 0.29) is 4.70 Å². The van der Waals surface area contributed by atoms with Crippen molar-refractivity contribution in [1.82, 2.24) is 10.2 Å².